The number of nitrogens with zero attached hydrogens (tertiary/aromatic N) is 2. The van der Waals surface area contributed by atoms with E-state index in [4.69, 9.17) is 5.73 Å². The summed E-state index contributed by atoms with van der Waals surface area (Å²) in [5.74, 6) is 1.30. The van der Waals surface area contributed by atoms with Gasteiger partial charge in [-0.15, -0.1) is 0 Å². The van der Waals surface area contributed by atoms with E-state index < -0.39 is 0 Å². The summed E-state index contributed by atoms with van der Waals surface area (Å²) in [5.41, 5.74) is 7.80. The smallest absolute Gasteiger partial charge is 0.142 e. The number of aryl methyl sites for hydroxylation is 1. The number of anilines is 1. The van der Waals surface area contributed by atoms with Gasteiger partial charge >= 0.3 is 0 Å². The van der Waals surface area contributed by atoms with Crippen molar-refractivity contribution in [2.24, 2.45) is 0 Å². The highest BCUT2D eigenvalue weighted by Gasteiger charge is 2.11. The van der Waals surface area contributed by atoms with Gasteiger partial charge in [0.2, 0.25) is 0 Å². The highest BCUT2D eigenvalue weighted by atomic mass is 79.9. The fourth-order valence-corrected chi connectivity index (χ4v) is 2.04. The van der Waals surface area contributed by atoms with Crippen LogP contribution >= 0.6 is 15.9 Å². The molecule has 0 saturated heterocycles. The molecule has 0 atom stereocenters. The van der Waals surface area contributed by atoms with Crippen LogP contribution in [0.15, 0.2) is 34.8 Å². The van der Waals surface area contributed by atoms with Crippen LogP contribution in [-0.4, -0.2) is 9.97 Å². The summed E-state index contributed by atoms with van der Waals surface area (Å²) in [6.45, 7) is 2.10. The van der Waals surface area contributed by atoms with Gasteiger partial charge < -0.3 is 5.73 Å². The zero-order valence-corrected chi connectivity index (χ0v) is 11.2. The zero-order valence-electron chi connectivity index (χ0n) is 9.65. The Bertz CT molecular complexity index is 512. The number of benzene rings is 1. The van der Waals surface area contributed by atoms with Crippen LogP contribution < -0.4 is 5.73 Å². The van der Waals surface area contributed by atoms with Crippen molar-refractivity contribution in [3.8, 4) is 11.3 Å². The largest absolute Gasteiger partial charge is 0.383 e. The standard InChI is InChI=1S/C13H14BrN3/c1-2-6-10-16-12(11(14)13(15)17-10)9-7-4-3-5-8-9/h3-5,7-8H,2,6H2,1H3,(H2,15,16,17). The molecule has 88 valence electrons. The molecule has 4 heteroatoms. The summed E-state index contributed by atoms with van der Waals surface area (Å²) in [4.78, 5) is 8.82. The molecule has 0 aliphatic rings. The number of aromatic nitrogens is 2. The number of nitrogens with two attached hydrogens (primary N) is 1. The molecule has 2 N–H and O–H groups in total. The van der Waals surface area contributed by atoms with Crippen LogP contribution in [0.1, 0.15) is 19.2 Å². The van der Waals surface area contributed by atoms with E-state index in [0.717, 1.165) is 34.4 Å². The highest BCUT2D eigenvalue weighted by molar-refractivity contribution is 9.10. The molecule has 0 radical (unpaired) electrons. The maximum atomic E-state index is 5.89. The van der Waals surface area contributed by atoms with Crippen LogP contribution in [-0.2, 0) is 6.42 Å². The Hall–Kier alpha value is -1.42. The van der Waals surface area contributed by atoms with E-state index in [2.05, 4.69) is 32.8 Å². The third kappa shape index (κ3) is 2.64. The predicted molar refractivity (Wildman–Crippen MR) is 73.6 cm³/mol. The lowest BCUT2D eigenvalue weighted by molar-refractivity contribution is 0.837. The van der Waals surface area contributed by atoms with Gasteiger partial charge in [-0.05, 0) is 22.4 Å². The second-order valence-corrected chi connectivity index (χ2v) is 4.60. The second-order valence-electron chi connectivity index (χ2n) is 3.80. The third-order valence-electron chi connectivity index (χ3n) is 2.44. The number of halogens is 1. The first-order valence-electron chi connectivity index (χ1n) is 5.59. The molecule has 3 nitrogen and oxygen atoms in total. The van der Waals surface area contributed by atoms with E-state index in [-0.39, 0.29) is 0 Å². The van der Waals surface area contributed by atoms with Gasteiger partial charge in [-0.25, -0.2) is 9.97 Å². The highest BCUT2D eigenvalue weighted by Crippen LogP contribution is 2.29. The zero-order chi connectivity index (χ0) is 12.3. The van der Waals surface area contributed by atoms with E-state index in [1.165, 1.54) is 0 Å². The van der Waals surface area contributed by atoms with Gasteiger partial charge in [0.05, 0.1) is 10.2 Å². The Morgan fingerprint density at radius 3 is 2.53 bits per heavy atom. The Balaban J connectivity index is 2.53. The maximum absolute atomic E-state index is 5.89. The van der Waals surface area contributed by atoms with Crippen LogP contribution in [0.2, 0.25) is 0 Å². The van der Waals surface area contributed by atoms with E-state index in [0.29, 0.717) is 5.82 Å². The van der Waals surface area contributed by atoms with Gasteiger partial charge in [0.1, 0.15) is 11.6 Å². The van der Waals surface area contributed by atoms with Crippen LogP contribution in [0.4, 0.5) is 5.82 Å². The average Bonchev–Trinajstić information content (AvgIpc) is 2.35. The molecular weight excluding hydrogens is 278 g/mol. The van der Waals surface area contributed by atoms with Crippen molar-refractivity contribution in [2.45, 2.75) is 19.8 Å². The minimum atomic E-state index is 0.502. The van der Waals surface area contributed by atoms with Crippen LogP contribution in [0, 0.1) is 0 Å². The number of nitrogen functional groups attached to an aromatic ring is 1. The molecule has 0 amide bonds. The first kappa shape index (κ1) is 12.0. The Morgan fingerprint density at radius 1 is 1.18 bits per heavy atom. The molecule has 0 spiro atoms. The molecule has 1 aromatic heterocycles. The van der Waals surface area contributed by atoms with Crippen molar-refractivity contribution in [3.63, 3.8) is 0 Å². The third-order valence-corrected chi connectivity index (χ3v) is 3.23. The summed E-state index contributed by atoms with van der Waals surface area (Å²) in [6.07, 6.45) is 1.85. The summed E-state index contributed by atoms with van der Waals surface area (Å²) < 4.78 is 0.767. The molecule has 0 fully saturated rings. The molecule has 0 unspecified atom stereocenters. The topological polar surface area (TPSA) is 51.8 Å². The van der Waals surface area contributed by atoms with Gasteiger partial charge in [0.25, 0.3) is 0 Å². The Morgan fingerprint density at radius 2 is 1.88 bits per heavy atom. The van der Waals surface area contributed by atoms with Crippen LogP contribution in [0.3, 0.4) is 0 Å². The van der Waals surface area contributed by atoms with Gasteiger partial charge in [-0.3, -0.25) is 0 Å². The molecule has 0 aliphatic carbocycles. The lowest BCUT2D eigenvalue weighted by Crippen LogP contribution is -2.03. The molecule has 2 aromatic rings. The Kier molecular flexibility index (Phi) is 3.74. The molecule has 0 aliphatic heterocycles. The monoisotopic (exact) mass is 291 g/mol. The van der Waals surface area contributed by atoms with Crippen molar-refractivity contribution in [3.05, 3.63) is 40.6 Å². The first-order chi connectivity index (χ1) is 8.22. The lowest BCUT2D eigenvalue weighted by atomic mass is 10.1. The van der Waals surface area contributed by atoms with Crippen molar-refractivity contribution >= 4 is 21.7 Å². The molecule has 2 rings (SSSR count). The summed E-state index contributed by atoms with van der Waals surface area (Å²) in [7, 11) is 0. The molecule has 1 heterocycles. The van der Waals surface area contributed by atoms with E-state index in [1.54, 1.807) is 0 Å². The van der Waals surface area contributed by atoms with E-state index in [9.17, 15) is 0 Å². The van der Waals surface area contributed by atoms with Crippen molar-refractivity contribution in [1.29, 1.82) is 0 Å². The molecule has 1 aromatic carbocycles. The SMILES string of the molecule is CCCc1nc(N)c(Br)c(-c2ccccc2)n1. The molecule has 17 heavy (non-hydrogen) atoms. The van der Waals surface area contributed by atoms with Crippen molar-refractivity contribution < 1.29 is 0 Å². The van der Waals surface area contributed by atoms with Gasteiger partial charge in [0, 0.05) is 12.0 Å². The predicted octanol–water partition coefficient (Wildman–Crippen LogP) is 3.44. The number of hydrogen-bond acceptors (Lipinski definition) is 3. The fourth-order valence-electron chi connectivity index (χ4n) is 1.64. The van der Waals surface area contributed by atoms with Gasteiger partial charge in [0.15, 0.2) is 0 Å². The minimum absolute atomic E-state index is 0.502. The molecule has 0 saturated carbocycles. The van der Waals surface area contributed by atoms with Gasteiger partial charge in [-0.1, -0.05) is 37.3 Å². The normalized spacial score (nSPS) is 10.5. The van der Waals surface area contributed by atoms with Crippen LogP contribution in [0.25, 0.3) is 11.3 Å². The van der Waals surface area contributed by atoms with Crippen LogP contribution in [0.5, 0.6) is 0 Å². The molecule has 0 bridgehead atoms. The first-order valence-corrected chi connectivity index (χ1v) is 6.39. The Labute approximate surface area is 109 Å². The quantitative estimate of drug-likeness (QED) is 0.942. The summed E-state index contributed by atoms with van der Waals surface area (Å²) >= 11 is 3.45. The minimum Gasteiger partial charge on any atom is -0.383 e. The van der Waals surface area contributed by atoms with Crippen molar-refractivity contribution in [1.82, 2.24) is 9.97 Å². The summed E-state index contributed by atoms with van der Waals surface area (Å²) in [6, 6.07) is 9.98. The fraction of sp³-hybridized carbons (Fsp3) is 0.231. The van der Waals surface area contributed by atoms with Gasteiger partial charge in [-0.2, -0.15) is 0 Å². The average molecular weight is 292 g/mol. The summed E-state index contributed by atoms with van der Waals surface area (Å²) in [5, 5.41) is 0. The lowest BCUT2D eigenvalue weighted by Gasteiger charge is -2.08. The maximum Gasteiger partial charge on any atom is 0.142 e. The number of hydrogen-bond donors (Lipinski definition) is 1. The second kappa shape index (κ2) is 5.27. The van der Waals surface area contributed by atoms with E-state index in [1.807, 2.05) is 30.3 Å². The number of rotatable bonds is 3. The van der Waals surface area contributed by atoms with E-state index >= 15 is 0 Å². The van der Waals surface area contributed by atoms with Crippen molar-refractivity contribution in [2.75, 3.05) is 5.73 Å². The molecular formula is C13H14BrN3.